The first-order valence-electron chi connectivity index (χ1n) is 6.66. The Morgan fingerprint density at radius 3 is 1.95 bits per heavy atom. The molecule has 0 spiro atoms. The molecule has 1 N–H and O–H groups in total. The lowest BCUT2D eigenvalue weighted by molar-refractivity contribution is -0.151. The van der Waals surface area contributed by atoms with Gasteiger partial charge < -0.3 is 9.84 Å². The number of rotatable bonds is 4. The zero-order chi connectivity index (χ0) is 15.9. The SMILES string of the molecule is CC(=O)OC(C)(C)C.CCC(F)(P)C[C@H](C)[C@H](C)O. The Hall–Kier alpha value is -0.210. The molecule has 0 aliphatic carbocycles. The highest BCUT2D eigenvalue weighted by Gasteiger charge is 2.25. The standard InChI is InChI=1S/C8H18FOP.C6H12O2/c1-4-8(9,11)5-6(2)7(3)10;1-5(7)8-6(2,3)4/h6-7,10H,4-5,11H2,1-3H3;1-4H3/t6-,7-,8?;/m0./s1. The normalized spacial score (nSPS) is 17.6. The molecule has 0 aromatic heterocycles. The average Bonchev–Trinajstić information content (AvgIpc) is 2.13. The molecule has 0 heterocycles. The summed E-state index contributed by atoms with van der Waals surface area (Å²) in [5.41, 5.74) is -0.328. The molecule has 0 aromatic carbocycles. The number of hydrogen-bond acceptors (Lipinski definition) is 3. The van der Waals surface area contributed by atoms with Crippen LogP contribution in [0.4, 0.5) is 4.39 Å². The number of alkyl halides is 1. The van der Waals surface area contributed by atoms with Gasteiger partial charge in [0.2, 0.25) is 0 Å². The molecule has 0 bridgehead atoms. The van der Waals surface area contributed by atoms with Crippen molar-refractivity contribution in [2.24, 2.45) is 5.92 Å². The van der Waals surface area contributed by atoms with Gasteiger partial charge >= 0.3 is 5.97 Å². The fourth-order valence-corrected chi connectivity index (χ4v) is 1.65. The van der Waals surface area contributed by atoms with Crippen LogP contribution in [0.15, 0.2) is 0 Å². The molecule has 3 nitrogen and oxygen atoms in total. The molecule has 5 heteroatoms. The molecule has 0 radical (unpaired) electrons. The number of ether oxygens (including phenoxy) is 1. The molecule has 0 aliphatic rings. The van der Waals surface area contributed by atoms with E-state index in [1.807, 2.05) is 34.6 Å². The average molecular weight is 296 g/mol. The Morgan fingerprint density at radius 1 is 1.37 bits per heavy atom. The van der Waals surface area contributed by atoms with Gasteiger partial charge in [-0.05, 0) is 46.5 Å². The molecular formula is C14H30FO3P. The van der Waals surface area contributed by atoms with E-state index in [9.17, 15) is 9.18 Å². The molecule has 0 saturated heterocycles. The Morgan fingerprint density at radius 2 is 1.79 bits per heavy atom. The topological polar surface area (TPSA) is 46.5 Å². The minimum absolute atomic E-state index is 0.0254. The van der Waals surface area contributed by atoms with E-state index in [0.717, 1.165) is 0 Å². The molecular weight excluding hydrogens is 266 g/mol. The van der Waals surface area contributed by atoms with Gasteiger partial charge in [0.05, 0.1) is 6.10 Å². The van der Waals surface area contributed by atoms with Crippen LogP contribution in [0, 0.1) is 5.92 Å². The van der Waals surface area contributed by atoms with E-state index in [0.29, 0.717) is 12.8 Å². The van der Waals surface area contributed by atoms with Gasteiger partial charge in [-0.1, -0.05) is 23.1 Å². The van der Waals surface area contributed by atoms with Crippen LogP contribution in [0.3, 0.4) is 0 Å². The summed E-state index contributed by atoms with van der Waals surface area (Å²) < 4.78 is 18.1. The van der Waals surface area contributed by atoms with Crippen LogP contribution in [0.25, 0.3) is 0 Å². The van der Waals surface area contributed by atoms with Crippen LogP contribution in [-0.4, -0.2) is 28.2 Å². The van der Waals surface area contributed by atoms with Crippen LogP contribution >= 0.6 is 9.24 Å². The van der Waals surface area contributed by atoms with Crippen LogP contribution < -0.4 is 0 Å². The van der Waals surface area contributed by atoms with Crippen molar-refractivity contribution in [2.75, 3.05) is 0 Å². The molecule has 19 heavy (non-hydrogen) atoms. The van der Waals surface area contributed by atoms with Gasteiger partial charge in [0, 0.05) is 6.92 Å². The number of carbonyl (C=O) groups is 1. The largest absolute Gasteiger partial charge is 0.460 e. The zero-order valence-corrected chi connectivity index (χ0v) is 14.4. The smallest absolute Gasteiger partial charge is 0.303 e. The maximum absolute atomic E-state index is 13.3. The number of aliphatic hydroxyl groups excluding tert-OH is 1. The van der Waals surface area contributed by atoms with Gasteiger partial charge in [-0.25, -0.2) is 4.39 Å². The fraction of sp³-hybridized carbons (Fsp3) is 0.929. The van der Waals surface area contributed by atoms with Gasteiger partial charge in [0.1, 0.15) is 11.0 Å². The maximum atomic E-state index is 13.3. The Kier molecular flexibility index (Phi) is 9.84. The summed E-state index contributed by atoms with van der Waals surface area (Å²) in [5.74, 6) is -0.199. The molecule has 116 valence electrons. The second-order valence-electron chi connectivity index (χ2n) is 6.02. The fourth-order valence-electron chi connectivity index (χ4n) is 1.28. The molecule has 4 atom stereocenters. The third-order valence-electron chi connectivity index (χ3n) is 2.52. The van der Waals surface area contributed by atoms with E-state index >= 15 is 0 Å². The van der Waals surface area contributed by atoms with Crippen molar-refractivity contribution in [2.45, 2.75) is 78.4 Å². The maximum Gasteiger partial charge on any atom is 0.303 e. The Bertz CT molecular complexity index is 260. The summed E-state index contributed by atoms with van der Waals surface area (Å²) >= 11 is 0. The van der Waals surface area contributed by atoms with E-state index in [1.54, 1.807) is 6.92 Å². The van der Waals surface area contributed by atoms with Crippen LogP contribution in [0.2, 0.25) is 0 Å². The lowest BCUT2D eigenvalue weighted by atomic mass is 9.98. The lowest BCUT2D eigenvalue weighted by Gasteiger charge is -2.24. The van der Waals surface area contributed by atoms with Gasteiger partial charge in [-0.3, -0.25) is 4.79 Å². The minimum atomic E-state index is -1.20. The first kappa shape index (κ1) is 21.1. The first-order chi connectivity index (χ1) is 8.30. The lowest BCUT2D eigenvalue weighted by Crippen LogP contribution is -2.23. The summed E-state index contributed by atoms with van der Waals surface area (Å²) in [7, 11) is 2.20. The van der Waals surface area contributed by atoms with Gasteiger partial charge in [0.15, 0.2) is 0 Å². The van der Waals surface area contributed by atoms with E-state index in [2.05, 4.69) is 9.24 Å². The zero-order valence-electron chi connectivity index (χ0n) is 13.3. The molecule has 0 amide bonds. The van der Waals surface area contributed by atoms with Crippen LogP contribution in [-0.2, 0) is 9.53 Å². The number of halogens is 1. The second-order valence-corrected chi connectivity index (χ2v) is 7.05. The first-order valence-corrected chi connectivity index (χ1v) is 7.24. The Balaban J connectivity index is 0. The van der Waals surface area contributed by atoms with E-state index in [-0.39, 0.29) is 17.5 Å². The van der Waals surface area contributed by atoms with Gasteiger partial charge in [0.25, 0.3) is 0 Å². The van der Waals surface area contributed by atoms with Crippen molar-refractivity contribution >= 4 is 15.2 Å². The molecule has 2 unspecified atom stereocenters. The predicted molar refractivity (Wildman–Crippen MR) is 80.8 cm³/mol. The highest BCUT2D eigenvalue weighted by atomic mass is 31.0. The summed E-state index contributed by atoms with van der Waals surface area (Å²) in [6.45, 7) is 12.3. The van der Waals surface area contributed by atoms with Crippen molar-refractivity contribution < 1.29 is 19.0 Å². The minimum Gasteiger partial charge on any atom is -0.460 e. The number of esters is 1. The monoisotopic (exact) mass is 296 g/mol. The van der Waals surface area contributed by atoms with Crippen molar-refractivity contribution in [3.05, 3.63) is 0 Å². The quantitative estimate of drug-likeness (QED) is 0.635. The molecule has 0 aliphatic heterocycles. The second kappa shape index (κ2) is 8.86. The van der Waals surface area contributed by atoms with Crippen molar-refractivity contribution in [1.82, 2.24) is 0 Å². The van der Waals surface area contributed by atoms with Crippen molar-refractivity contribution in [3.8, 4) is 0 Å². The van der Waals surface area contributed by atoms with Crippen LogP contribution in [0.1, 0.15) is 61.3 Å². The highest BCUT2D eigenvalue weighted by molar-refractivity contribution is 7.18. The summed E-state index contributed by atoms with van der Waals surface area (Å²) in [6.07, 6.45) is 0.470. The highest BCUT2D eigenvalue weighted by Crippen LogP contribution is 2.32. The predicted octanol–water partition coefficient (Wildman–Crippen LogP) is 3.69. The number of hydrogen-bond donors (Lipinski definition) is 1. The molecule has 0 rings (SSSR count). The van der Waals surface area contributed by atoms with E-state index < -0.39 is 11.5 Å². The summed E-state index contributed by atoms with van der Waals surface area (Å²) in [4.78, 5) is 10.2. The molecule has 0 saturated carbocycles. The summed E-state index contributed by atoms with van der Waals surface area (Å²) in [5, 5.41) is 7.91. The summed E-state index contributed by atoms with van der Waals surface area (Å²) in [6, 6.07) is 0. The third-order valence-corrected chi connectivity index (χ3v) is 3.17. The number of carbonyl (C=O) groups excluding carboxylic acids is 1. The van der Waals surface area contributed by atoms with Gasteiger partial charge in [-0.15, -0.1) is 0 Å². The van der Waals surface area contributed by atoms with Crippen molar-refractivity contribution in [3.63, 3.8) is 0 Å². The molecule has 0 fully saturated rings. The van der Waals surface area contributed by atoms with E-state index in [1.165, 1.54) is 6.92 Å². The van der Waals surface area contributed by atoms with Crippen molar-refractivity contribution in [1.29, 1.82) is 0 Å². The van der Waals surface area contributed by atoms with Crippen LogP contribution in [0.5, 0.6) is 0 Å². The molecule has 0 aromatic rings. The van der Waals surface area contributed by atoms with E-state index in [4.69, 9.17) is 9.84 Å². The third kappa shape index (κ3) is 15.7. The number of aliphatic hydroxyl groups is 1. The van der Waals surface area contributed by atoms with Gasteiger partial charge in [-0.2, -0.15) is 0 Å². The Labute approximate surface area is 119 Å².